The zero-order valence-corrected chi connectivity index (χ0v) is 22.9. The summed E-state index contributed by atoms with van der Waals surface area (Å²) in [6.45, 7) is 1.09. The van der Waals surface area contributed by atoms with Gasteiger partial charge >= 0.3 is 0 Å². The molecule has 2 aromatic carbocycles. The van der Waals surface area contributed by atoms with E-state index in [-0.39, 0.29) is 23.2 Å². The van der Waals surface area contributed by atoms with Crippen molar-refractivity contribution in [3.05, 3.63) is 54.1 Å². The van der Waals surface area contributed by atoms with Crippen LogP contribution in [0.4, 0.5) is 0 Å². The first-order chi connectivity index (χ1) is 18.3. The maximum Gasteiger partial charge on any atom is 0.248 e. The Balaban J connectivity index is 1.44. The molecule has 2 unspecified atom stereocenters. The van der Waals surface area contributed by atoms with Crippen molar-refractivity contribution < 1.29 is 32.5 Å². The maximum atomic E-state index is 13.8. The number of amides is 1. The molecule has 10 heteroatoms. The number of nitrogens with one attached hydrogen (secondary N) is 1. The molecule has 9 nitrogen and oxygen atoms in total. The van der Waals surface area contributed by atoms with Crippen LogP contribution in [0.5, 0.6) is 11.5 Å². The van der Waals surface area contributed by atoms with Crippen molar-refractivity contribution in [2.45, 2.75) is 60.5 Å². The second-order valence-corrected chi connectivity index (χ2v) is 12.1. The summed E-state index contributed by atoms with van der Waals surface area (Å²) in [6.07, 6.45) is 3.86. The van der Waals surface area contributed by atoms with Crippen molar-refractivity contribution in [3.8, 4) is 11.5 Å². The lowest BCUT2D eigenvalue weighted by Gasteiger charge is -2.38. The molecule has 2 aromatic rings. The van der Waals surface area contributed by atoms with Crippen molar-refractivity contribution in [1.29, 1.82) is 0 Å². The molecule has 0 bridgehead atoms. The predicted molar refractivity (Wildman–Crippen MR) is 143 cm³/mol. The molecule has 2 saturated heterocycles. The van der Waals surface area contributed by atoms with Crippen molar-refractivity contribution in [2.24, 2.45) is 0 Å². The van der Waals surface area contributed by atoms with Crippen molar-refractivity contribution in [2.75, 3.05) is 40.5 Å². The number of nitrogens with zero attached hydrogens (tertiary/aromatic N) is 1. The minimum Gasteiger partial charge on any atom is -0.497 e. The predicted octanol–water partition coefficient (Wildman–Crippen LogP) is 2.56. The lowest BCUT2D eigenvalue weighted by atomic mass is 9.85. The van der Waals surface area contributed by atoms with Gasteiger partial charge in [-0.2, -0.15) is 0 Å². The topological polar surface area (TPSA) is 114 Å². The second-order valence-electron chi connectivity index (χ2n) is 10.1. The van der Waals surface area contributed by atoms with Gasteiger partial charge in [0, 0.05) is 31.6 Å². The number of benzene rings is 2. The average molecular weight is 547 g/mol. The molecule has 4 rings (SSSR count). The monoisotopic (exact) mass is 546 g/mol. The number of hydrogen-bond donors (Lipinski definition) is 2. The summed E-state index contributed by atoms with van der Waals surface area (Å²) in [5, 5.41) is 14.3. The van der Waals surface area contributed by atoms with Crippen LogP contribution >= 0.6 is 0 Å². The van der Waals surface area contributed by atoms with E-state index in [1.54, 1.807) is 11.0 Å². The van der Waals surface area contributed by atoms with E-state index in [0.717, 1.165) is 18.4 Å². The molecule has 2 fully saturated rings. The van der Waals surface area contributed by atoms with Crippen LogP contribution in [0.25, 0.3) is 0 Å². The van der Waals surface area contributed by atoms with Gasteiger partial charge in [-0.1, -0.05) is 36.8 Å². The van der Waals surface area contributed by atoms with Gasteiger partial charge in [0.2, 0.25) is 15.7 Å². The van der Waals surface area contributed by atoms with Crippen LogP contribution in [-0.4, -0.2) is 81.9 Å². The lowest BCUT2D eigenvalue weighted by molar-refractivity contribution is -0.141. The van der Waals surface area contributed by atoms with Crippen LogP contribution in [-0.2, 0) is 25.8 Å². The molecule has 0 radical (unpaired) electrons. The summed E-state index contributed by atoms with van der Waals surface area (Å²) in [7, 11) is -1.12. The Morgan fingerprint density at radius 2 is 1.84 bits per heavy atom. The summed E-state index contributed by atoms with van der Waals surface area (Å²) in [5.74, 6) is 0.347. The zero-order chi connectivity index (χ0) is 27.2. The minimum absolute atomic E-state index is 0.00503. The molecule has 2 heterocycles. The summed E-state index contributed by atoms with van der Waals surface area (Å²) >= 11 is 0. The maximum absolute atomic E-state index is 13.8. The highest BCUT2D eigenvalue weighted by molar-refractivity contribution is 7.92. The molecule has 2 atom stereocenters. The Hall–Kier alpha value is -2.66. The number of carbonyl (C=O) groups is 1. The fourth-order valence-corrected chi connectivity index (χ4v) is 7.08. The number of likely N-dealkylation sites (tertiary alicyclic amines) is 1. The number of sulfone groups is 1. The molecule has 0 saturated carbocycles. The number of piperidine rings is 2. The summed E-state index contributed by atoms with van der Waals surface area (Å²) in [6, 6.07) is 13.9. The van der Waals surface area contributed by atoms with Gasteiger partial charge in [-0.15, -0.1) is 0 Å². The van der Waals surface area contributed by atoms with Crippen LogP contribution in [0.1, 0.15) is 37.7 Å². The van der Waals surface area contributed by atoms with Crippen molar-refractivity contribution in [1.82, 2.24) is 10.2 Å². The number of rotatable bonds is 10. The van der Waals surface area contributed by atoms with Gasteiger partial charge in [0.1, 0.15) is 23.0 Å². The molecule has 2 aliphatic rings. The molecule has 0 spiro atoms. The van der Waals surface area contributed by atoms with E-state index >= 15 is 0 Å². The quantitative estimate of drug-likeness (QED) is 0.468. The molecular weight excluding hydrogens is 508 g/mol. The molecule has 0 aliphatic carbocycles. The Kier molecular flexibility index (Phi) is 9.30. The molecule has 2 aliphatic heterocycles. The molecule has 208 valence electrons. The highest BCUT2D eigenvalue weighted by Crippen LogP contribution is 2.33. The van der Waals surface area contributed by atoms with E-state index in [2.05, 4.69) is 5.32 Å². The smallest absolute Gasteiger partial charge is 0.248 e. The van der Waals surface area contributed by atoms with E-state index in [1.807, 2.05) is 30.3 Å². The fourth-order valence-electron chi connectivity index (χ4n) is 5.24. The van der Waals surface area contributed by atoms with Gasteiger partial charge in [0.25, 0.3) is 0 Å². The SMILES string of the molecule is COc1ccc(S(=O)(=O)C(OCC(=O)N2CCC(O)(Cc3ccccc3)CC2)C2CCCCN2)c(OC)c1. The number of carbonyl (C=O) groups excluding carboxylic acids is 1. The van der Waals surface area contributed by atoms with Crippen LogP contribution in [0.15, 0.2) is 53.4 Å². The Morgan fingerprint density at radius 3 is 2.47 bits per heavy atom. The highest BCUT2D eigenvalue weighted by atomic mass is 32.2. The van der Waals surface area contributed by atoms with Crippen LogP contribution in [0.2, 0.25) is 0 Å². The molecule has 2 N–H and O–H groups in total. The van der Waals surface area contributed by atoms with Crippen LogP contribution in [0.3, 0.4) is 0 Å². The number of aliphatic hydroxyl groups is 1. The third-order valence-corrected chi connectivity index (χ3v) is 9.48. The van der Waals surface area contributed by atoms with E-state index in [1.165, 1.54) is 26.4 Å². The molecule has 38 heavy (non-hydrogen) atoms. The van der Waals surface area contributed by atoms with Gasteiger partial charge in [0.15, 0.2) is 5.44 Å². The number of ether oxygens (including phenoxy) is 3. The second kappa shape index (κ2) is 12.5. The third kappa shape index (κ3) is 6.66. The summed E-state index contributed by atoms with van der Waals surface area (Å²) < 4.78 is 44.1. The Labute approximate surface area is 225 Å². The molecular formula is C28H38N2O7S. The average Bonchev–Trinajstić information content (AvgIpc) is 2.93. The van der Waals surface area contributed by atoms with Gasteiger partial charge in [-0.3, -0.25) is 4.79 Å². The van der Waals surface area contributed by atoms with Crippen LogP contribution in [0, 0.1) is 0 Å². The normalized spacial score (nSPS) is 20.5. The minimum atomic E-state index is -4.02. The van der Waals surface area contributed by atoms with E-state index in [4.69, 9.17) is 14.2 Å². The first kappa shape index (κ1) is 28.4. The van der Waals surface area contributed by atoms with Gasteiger partial charge in [0.05, 0.1) is 19.8 Å². The standard InChI is InChI=1S/C28H38N2O7S/c1-35-22-11-12-25(24(18-22)36-2)38(33,34)27(23-10-6-7-15-29-23)37-20-26(31)30-16-13-28(32,14-17-30)19-21-8-4-3-5-9-21/h3-5,8-9,11-12,18,23,27,29,32H,6-7,10,13-17,19-20H2,1-2H3. The first-order valence-electron chi connectivity index (χ1n) is 13.1. The third-order valence-electron chi connectivity index (χ3n) is 7.45. The van der Waals surface area contributed by atoms with E-state index in [9.17, 15) is 18.3 Å². The highest BCUT2D eigenvalue weighted by Gasteiger charge is 2.40. The van der Waals surface area contributed by atoms with Gasteiger partial charge < -0.3 is 29.5 Å². The van der Waals surface area contributed by atoms with Crippen LogP contribution < -0.4 is 14.8 Å². The summed E-state index contributed by atoms with van der Waals surface area (Å²) in [4.78, 5) is 14.7. The number of methoxy groups -OCH3 is 2. The van der Waals surface area contributed by atoms with Gasteiger partial charge in [-0.25, -0.2) is 8.42 Å². The van der Waals surface area contributed by atoms with Crippen molar-refractivity contribution in [3.63, 3.8) is 0 Å². The van der Waals surface area contributed by atoms with E-state index < -0.39 is 26.9 Å². The first-order valence-corrected chi connectivity index (χ1v) is 14.7. The molecule has 1 amide bonds. The largest absolute Gasteiger partial charge is 0.497 e. The summed E-state index contributed by atoms with van der Waals surface area (Å²) in [5.41, 5.74) is -1.07. The zero-order valence-electron chi connectivity index (χ0n) is 22.1. The van der Waals surface area contributed by atoms with Gasteiger partial charge in [-0.05, 0) is 49.9 Å². The fraction of sp³-hybridized carbons (Fsp3) is 0.536. The molecule has 0 aromatic heterocycles. The lowest BCUT2D eigenvalue weighted by Crippen LogP contribution is -2.51. The number of hydrogen-bond acceptors (Lipinski definition) is 8. The Bertz CT molecular complexity index is 1170. The van der Waals surface area contributed by atoms with Crippen molar-refractivity contribution >= 4 is 15.7 Å². The van der Waals surface area contributed by atoms with E-state index in [0.29, 0.717) is 51.1 Å². The Morgan fingerprint density at radius 1 is 1.11 bits per heavy atom.